The normalized spacial score (nSPS) is 25.9. The molecule has 0 radical (unpaired) electrons. The maximum absolute atomic E-state index is 14.4. The highest BCUT2D eigenvalue weighted by atomic mass is 32.2. The van der Waals surface area contributed by atoms with Crippen molar-refractivity contribution in [2.45, 2.75) is 92.9 Å². The number of hydrogen-bond donors (Lipinski definition) is 3. The van der Waals surface area contributed by atoms with Gasteiger partial charge < -0.3 is 29.1 Å². The van der Waals surface area contributed by atoms with Crippen molar-refractivity contribution in [2.24, 2.45) is 5.92 Å². The Hall–Kier alpha value is -5.53. The van der Waals surface area contributed by atoms with Gasteiger partial charge in [-0.25, -0.2) is 17.8 Å². The molecule has 4 aliphatic rings. The molecule has 3 fully saturated rings. The highest BCUT2D eigenvalue weighted by Gasteiger charge is 2.62. The summed E-state index contributed by atoms with van der Waals surface area (Å²) < 4.78 is 100. The van der Waals surface area contributed by atoms with Crippen LogP contribution in [0, 0.1) is 11.7 Å². The molecule has 0 unspecified atom stereocenters. The lowest BCUT2D eigenvalue weighted by Crippen LogP contribution is -2.58. The van der Waals surface area contributed by atoms with E-state index in [1.165, 1.54) is 24.5 Å². The number of allylic oxidation sites excluding steroid dienone is 1. The largest absolute Gasteiger partial charge is 0.471 e. The first-order valence-corrected chi connectivity index (χ1v) is 20.0. The molecule has 1 saturated heterocycles. The fourth-order valence-electron chi connectivity index (χ4n) is 7.43. The Balaban J connectivity index is 1.15. The third-order valence-corrected chi connectivity index (χ3v) is 12.5. The Morgan fingerprint density at radius 2 is 1.88 bits per heavy atom. The number of sulfonamides is 1. The van der Waals surface area contributed by atoms with Crippen molar-refractivity contribution in [1.82, 2.24) is 30.2 Å². The number of ether oxygens (including phenoxy) is 1. The van der Waals surface area contributed by atoms with Gasteiger partial charge in [-0.2, -0.15) is 18.2 Å². The summed E-state index contributed by atoms with van der Waals surface area (Å²) in [5.74, 6) is -6.30. The van der Waals surface area contributed by atoms with E-state index in [9.17, 15) is 45.2 Å². The molecule has 5 atom stereocenters. The zero-order valence-electron chi connectivity index (χ0n) is 30.0. The molecule has 1 aromatic carbocycles. The van der Waals surface area contributed by atoms with Crippen molar-refractivity contribution >= 4 is 55.7 Å². The first-order valence-electron chi connectivity index (χ1n) is 18.5. The molecule has 4 amide bonds. The van der Waals surface area contributed by atoms with Gasteiger partial charge in [-0.15, -0.1) is 0 Å². The van der Waals surface area contributed by atoms with E-state index in [0.29, 0.717) is 32.1 Å². The van der Waals surface area contributed by atoms with Crippen LogP contribution in [-0.4, -0.2) is 88.6 Å². The van der Waals surface area contributed by atoms with Crippen LogP contribution in [0.25, 0.3) is 33.7 Å². The van der Waals surface area contributed by atoms with Crippen LogP contribution in [0.15, 0.2) is 57.6 Å². The van der Waals surface area contributed by atoms with Gasteiger partial charge >= 0.3 is 12.1 Å². The lowest BCUT2D eigenvalue weighted by atomic mass is 10.0. The molecule has 20 heteroatoms. The molecule has 15 nitrogen and oxygen atoms in total. The van der Waals surface area contributed by atoms with Crippen molar-refractivity contribution < 1.29 is 58.7 Å². The van der Waals surface area contributed by atoms with Crippen molar-refractivity contribution in [3.05, 3.63) is 54.6 Å². The van der Waals surface area contributed by atoms with Gasteiger partial charge in [-0.05, 0) is 68.9 Å². The van der Waals surface area contributed by atoms with Gasteiger partial charge in [0, 0.05) is 17.7 Å². The Bertz CT molecular complexity index is 2400. The summed E-state index contributed by atoms with van der Waals surface area (Å²) >= 11 is 0. The van der Waals surface area contributed by atoms with Crippen molar-refractivity contribution in [3.8, 4) is 17.5 Å². The minimum absolute atomic E-state index is 0.0124. The molecule has 2 saturated carbocycles. The lowest BCUT2D eigenvalue weighted by Gasteiger charge is -2.30. The summed E-state index contributed by atoms with van der Waals surface area (Å²) in [7, 11) is -4.02. The number of alkyl halides is 3. The maximum atomic E-state index is 14.4. The molecule has 2 aliphatic heterocycles. The van der Waals surface area contributed by atoms with E-state index in [-0.39, 0.29) is 65.2 Å². The molecular formula is C37H36F4N6O9S. The van der Waals surface area contributed by atoms with Gasteiger partial charge in [0.2, 0.25) is 27.4 Å². The van der Waals surface area contributed by atoms with Crippen LogP contribution in [-0.2, 0) is 29.2 Å². The number of nitrogens with one attached hydrogen (secondary N) is 3. The number of carbonyl (C=O) groups is 4. The molecule has 0 spiro atoms. The van der Waals surface area contributed by atoms with Gasteiger partial charge in [0.15, 0.2) is 11.6 Å². The average molecular weight is 817 g/mol. The van der Waals surface area contributed by atoms with E-state index in [0.717, 1.165) is 4.90 Å². The molecule has 302 valence electrons. The molecule has 3 N–H and O–H groups in total. The fourth-order valence-corrected chi connectivity index (χ4v) is 8.80. The van der Waals surface area contributed by atoms with E-state index in [2.05, 4.69) is 20.0 Å². The van der Waals surface area contributed by atoms with Crippen molar-refractivity contribution in [3.63, 3.8) is 0 Å². The van der Waals surface area contributed by atoms with Crippen LogP contribution < -0.4 is 20.1 Å². The summed E-state index contributed by atoms with van der Waals surface area (Å²) in [6.07, 6.45) is 0.613. The van der Waals surface area contributed by atoms with E-state index in [1.54, 1.807) is 29.6 Å². The van der Waals surface area contributed by atoms with Crippen LogP contribution in [0.1, 0.15) is 57.8 Å². The maximum Gasteiger partial charge on any atom is 0.471 e. The van der Waals surface area contributed by atoms with Crippen LogP contribution in [0.3, 0.4) is 0 Å². The Kier molecular flexibility index (Phi) is 9.72. The van der Waals surface area contributed by atoms with E-state index >= 15 is 0 Å². The zero-order chi connectivity index (χ0) is 40.3. The lowest BCUT2D eigenvalue weighted by molar-refractivity contribution is -0.175. The number of nitrogens with zero attached hydrogens (tertiary/aromatic N) is 3. The zero-order valence-corrected chi connectivity index (χ0v) is 30.8. The van der Waals surface area contributed by atoms with Gasteiger partial charge in [0.25, 0.3) is 11.8 Å². The summed E-state index contributed by atoms with van der Waals surface area (Å²) in [6.45, 7) is -0.398. The second kappa shape index (κ2) is 14.4. The second-order valence-corrected chi connectivity index (χ2v) is 16.7. The number of rotatable bonds is 7. The molecule has 2 aliphatic carbocycles. The van der Waals surface area contributed by atoms with Gasteiger partial charge in [-0.1, -0.05) is 25.0 Å². The first-order chi connectivity index (χ1) is 27.1. The number of carbonyl (C=O) groups excluding carboxylic acids is 4. The molecule has 8 rings (SSSR count). The van der Waals surface area contributed by atoms with Gasteiger partial charge in [0.05, 0.1) is 18.1 Å². The van der Waals surface area contributed by atoms with Crippen LogP contribution >= 0.6 is 0 Å². The van der Waals surface area contributed by atoms with Crippen LogP contribution in [0.2, 0.25) is 0 Å². The van der Waals surface area contributed by atoms with Crippen molar-refractivity contribution in [2.75, 3.05) is 6.54 Å². The number of aromatic nitrogens is 2. The summed E-state index contributed by atoms with van der Waals surface area (Å²) in [6, 6.07) is 3.77. The molecule has 5 heterocycles. The van der Waals surface area contributed by atoms with Crippen LogP contribution in [0.4, 0.5) is 17.6 Å². The smallest absolute Gasteiger partial charge is 0.470 e. The third-order valence-electron chi connectivity index (χ3n) is 10.7. The number of fused-ring (bicyclic) bond motifs is 5. The highest BCUT2D eigenvalue weighted by Crippen LogP contribution is 2.46. The number of furan rings is 2. The Morgan fingerprint density at radius 1 is 1.07 bits per heavy atom. The number of amides is 4. The van der Waals surface area contributed by atoms with E-state index in [4.69, 9.17) is 13.6 Å². The minimum atomic E-state index is -5.31. The third kappa shape index (κ3) is 7.65. The first kappa shape index (κ1) is 38.3. The molecule has 0 bridgehead atoms. The van der Waals surface area contributed by atoms with E-state index < -0.39 is 87.1 Å². The van der Waals surface area contributed by atoms with Gasteiger partial charge in [-0.3, -0.25) is 23.9 Å². The Labute approximate surface area is 321 Å². The molecule has 4 aromatic rings. The van der Waals surface area contributed by atoms with E-state index in [1.807, 2.05) is 0 Å². The second-order valence-electron chi connectivity index (χ2n) is 14.8. The average Bonchev–Trinajstić information content (AvgIpc) is 3.95. The Morgan fingerprint density at radius 3 is 2.61 bits per heavy atom. The standard InChI is InChI=1S/C37H36F4N6O9S/c38-20-10-13-26-23(15-20)28-29(56-26)32(44-30(43-28)27-9-6-14-54-27)55-21-16-25-31(48)45-36(34(50)46-57(52,53)22-11-12-22)17-19(36)7-4-2-1-3-5-8-24(33(49)47(25)18-21)42-35(51)37(39,40)41/h4,6-7,9-10,13-15,19,21-22,24-25H,1-3,5,8,11-12,16-18H2,(H,42,51)(H,45,48)(H,46,50)/t19-,21-,24+,25+,36-/m1/s1. The number of benzene rings is 1. The van der Waals surface area contributed by atoms with Crippen LogP contribution in [0.5, 0.6) is 5.88 Å². The number of hydrogen-bond acceptors (Lipinski definition) is 11. The molecular weight excluding hydrogens is 780 g/mol. The molecule has 57 heavy (non-hydrogen) atoms. The van der Waals surface area contributed by atoms with Gasteiger partial charge in [0.1, 0.15) is 40.6 Å². The van der Waals surface area contributed by atoms with Crippen molar-refractivity contribution in [1.29, 1.82) is 0 Å². The predicted octanol–water partition coefficient (Wildman–Crippen LogP) is 4.17. The summed E-state index contributed by atoms with van der Waals surface area (Å²) in [5.41, 5.74) is -1.33. The fraction of sp³-hybridized carbons (Fsp3) is 0.459. The quantitative estimate of drug-likeness (QED) is 0.179. The minimum Gasteiger partial charge on any atom is -0.470 e. The monoisotopic (exact) mass is 816 g/mol. The topological polar surface area (TPSA) is 203 Å². The summed E-state index contributed by atoms with van der Waals surface area (Å²) in [5, 5.41) is 4.02. The highest BCUT2D eigenvalue weighted by molar-refractivity contribution is 7.91. The predicted molar refractivity (Wildman–Crippen MR) is 191 cm³/mol. The summed E-state index contributed by atoms with van der Waals surface area (Å²) in [4.78, 5) is 64.4. The molecule has 3 aromatic heterocycles. The number of halogens is 4. The SMILES string of the molecule is O=C1N[C@]2(C(=O)NS(=O)(=O)C3CC3)C[C@H]2C=CCCCCC[C@H](NC(=O)C(F)(F)F)C(=O)N2C[C@H](Oc3nc(-c4ccco4)nc4c3oc3ccc(F)cc34)C[C@@H]12.